The van der Waals surface area contributed by atoms with Gasteiger partial charge in [-0.3, -0.25) is 9.59 Å². The summed E-state index contributed by atoms with van der Waals surface area (Å²) >= 11 is 0. The highest BCUT2D eigenvalue weighted by molar-refractivity contribution is 6.36. The maximum atomic E-state index is 10.9. The molecule has 0 aromatic carbocycles. The minimum Gasteiger partial charge on any atom is -0.350 e. The molecule has 1 aliphatic rings. The highest BCUT2D eigenvalue weighted by Gasteiger charge is 2.16. The number of ether oxygens (including phenoxy) is 2. The van der Waals surface area contributed by atoms with E-state index < -0.39 is 0 Å². The zero-order chi connectivity index (χ0) is 9.68. The van der Waals surface area contributed by atoms with E-state index in [9.17, 15) is 9.59 Å². The third-order valence-electron chi connectivity index (χ3n) is 1.93. The molecule has 0 aromatic rings. The molecule has 1 rings (SSSR count). The van der Waals surface area contributed by atoms with Gasteiger partial charge in [-0.25, -0.2) is 0 Å². The van der Waals surface area contributed by atoms with Crippen LogP contribution in [0.2, 0.25) is 0 Å². The number of rotatable bonds is 5. The number of Topliss-reactive ketones (excluding diaryl/α,β-unsaturated/α-hetero) is 2. The van der Waals surface area contributed by atoms with Gasteiger partial charge in [0.25, 0.3) is 0 Å². The van der Waals surface area contributed by atoms with E-state index in [0.717, 1.165) is 0 Å². The van der Waals surface area contributed by atoms with Crippen LogP contribution >= 0.6 is 0 Å². The van der Waals surface area contributed by atoms with Crippen molar-refractivity contribution in [3.8, 4) is 0 Å². The molecule has 13 heavy (non-hydrogen) atoms. The van der Waals surface area contributed by atoms with Crippen molar-refractivity contribution in [1.82, 2.24) is 0 Å². The Kier molecular flexibility index (Phi) is 4.05. The normalized spacial score (nSPS) is 17.6. The van der Waals surface area contributed by atoms with Gasteiger partial charge in [0.2, 0.25) is 0 Å². The Morgan fingerprint density at radius 2 is 1.92 bits per heavy atom. The second kappa shape index (κ2) is 5.09. The molecule has 4 nitrogen and oxygen atoms in total. The van der Waals surface area contributed by atoms with E-state index in [4.69, 9.17) is 9.47 Å². The average Bonchev–Trinajstić information content (AvgIpc) is 2.56. The summed E-state index contributed by atoms with van der Waals surface area (Å²) in [5.74, 6) is -0.675. The van der Waals surface area contributed by atoms with Crippen molar-refractivity contribution in [3.05, 3.63) is 0 Å². The first-order valence-electron chi connectivity index (χ1n) is 4.47. The summed E-state index contributed by atoms with van der Waals surface area (Å²) in [5.41, 5.74) is 0. The molecule has 1 heterocycles. The molecule has 0 aliphatic carbocycles. The first-order valence-corrected chi connectivity index (χ1v) is 4.47. The summed E-state index contributed by atoms with van der Waals surface area (Å²) in [4.78, 5) is 21.4. The van der Waals surface area contributed by atoms with Crippen LogP contribution in [-0.2, 0) is 19.1 Å². The fraction of sp³-hybridized carbons (Fsp3) is 0.778. The maximum Gasteiger partial charge on any atom is 0.198 e. The van der Waals surface area contributed by atoms with Crippen LogP contribution in [-0.4, -0.2) is 31.1 Å². The van der Waals surface area contributed by atoms with Crippen LogP contribution in [0.25, 0.3) is 0 Å². The molecule has 0 N–H and O–H groups in total. The molecular formula is C9H14O4. The largest absolute Gasteiger partial charge is 0.350 e. The van der Waals surface area contributed by atoms with E-state index >= 15 is 0 Å². The van der Waals surface area contributed by atoms with E-state index in [1.54, 1.807) is 0 Å². The topological polar surface area (TPSA) is 52.6 Å². The number of hydrogen-bond donors (Lipinski definition) is 0. The first-order chi connectivity index (χ1) is 6.20. The standard InChI is InChI=1S/C9H14O4/c1-7(10)8(11)3-2-4-9-12-5-6-13-9/h9H,2-6H2,1H3. The Morgan fingerprint density at radius 1 is 1.31 bits per heavy atom. The summed E-state index contributed by atoms with van der Waals surface area (Å²) in [6, 6.07) is 0. The van der Waals surface area contributed by atoms with Gasteiger partial charge in [-0.1, -0.05) is 0 Å². The Balaban J connectivity index is 2.06. The van der Waals surface area contributed by atoms with Gasteiger partial charge in [0.15, 0.2) is 17.9 Å². The summed E-state index contributed by atoms with van der Waals surface area (Å²) in [7, 11) is 0. The van der Waals surface area contributed by atoms with Gasteiger partial charge in [-0.15, -0.1) is 0 Å². The monoisotopic (exact) mass is 186 g/mol. The van der Waals surface area contributed by atoms with Gasteiger partial charge in [-0.05, 0) is 12.8 Å². The minimum atomic E-state index is -0.367. The lowest BCUT2D eigenvalue weighted by atomic mass is 10.1. The predicted octanol–water partition coefficient (Wildman–Crippen LogP) is 0.688. The molecule has 74 valence electrons. The molecule has 0 spiro atoms. The summed E-state index contributed by atoms with van der Waals surface area (Å²) in [6.07, 6.45) is 1.49. The van der Waals surface area contributed by atoms with Crippen molar-refractivity contribution in [2.24, 2.45) is 0 Å². The Morgan fingerprint density at radius 3 is 2.46 bits per heavy atom. The lowest BCUT2D eigenvalue weighted by Crippen LogP contribution is -2.12. The molecule has 1 saturated heterocycles. The van der Waals surface area contributed by atoms with E-state index in [0.29, 0.717) is 32.5 Å². The molecule has 1 fully saturated rings. The first kappa shape index (κ1) is 10.3. The van der Waals surface area contributed by atoms with Crippen molar-refractivity contribution in [3.63, 3.8) is 0 Å². The Labute approximate surface area is 77.2 Å². The molecule has 0 unspecified atom stereocenters. The summed E-state index contributed by atoms with van der Waals surface area (Å²) in [5, 5.41) is 0. The molecule has 0 radical (unpaired) electrons. The fourth-order valence-electron chi connectivity index (χ4n) is 1.18. The zero-order valence-corrected chi connectivity index (χ0v) is 7.75. The van der Waals surface area contributed by atoms with Gasteiger partial charge >= 0.3 is 0 Å². The molecule has 0 aromatic heterocycles. The van der Waals surface area contributed by atoms with Crippen molar-refractivity contribution in [1.29, 1.82) is 0 Å². The maximum absolute atomic E-state index is 10.9. The zero-order valence-electron chi connectivity index (χ0n) is 7.75. The van der Waals surface area contributed by atoms with Crippen LogP contribution in [0.15, 0.2) is 0 Å². The molecule has 0 bridgehead atoms. The molecule has 1 aliphatic heterocycles. The average molecular weight is 186 g/mol. The second-order valence-corrected chi connectivity index (χ2v) is 3.04. The van der Waals surface area contributed by atoms with Gasteiger partial charge in [0.1, 0.15) is 0 Å². The lowest BCUT2D eigenvalue weighted by molar-refractivity contribution is -0.135. The van der Waals surface area contributed by atoms with E-state index in [-0.39, 0.29) is 17.9 Å². The van der Waals surface area contributed by atoms with Crippen LogP contribution in [0.3, 0.4) is 0 Å². The smallest absolute Gasteiger partial charge is 0.198 e. The quantitative estimate of drug-likeness (QED) is 0.593. The van der Waals surface area contributed by atoms with Crippen molar-refractivity contribution in [2.75, 3.05) is 13.2 Å². The summed E-state index contributed by atoms with van der Waals surface area (Å²) < 4.78 is 10.4. The predicted molar refractivity (Wildman–Crippen MR) is 45.2 cm³/mol. The van der Waals surface area contributed by atoms with Crippen LogP contribution in [0.1, 0.15) is 26.2 Å². The third-order valence-corrected chi connectivity index (χ3v) is 1.93. The number of ketones is 2. The number of hydrogen-bond acceptors (Lipinski definition) is 4. The van der Waals surface area contributed by atoms with Gasteiger partial charge in [-0.2, -0.15) is 0 Å². The Bertz CT molecular complexity index is 194. The SMILES string of the molecule is CC(=O)C(=O)CCCC1OCCO1. The van der Waals surface area contributed by atoms with Crippen LogP contribution < -0.4 is 0 Å². The van der Waals surface area contributed by atoms with Crippen molar-refractivity contribution in [2.45, 2.75) is 32.5 Å². The summed E-state index contributed by atoms with van der Waals surface area (Å²) in [6.45, 7) is 2.56. The minimum absolute atomic E-state index is 0.167. The molecule has 4 heteroatoms. The van der Waals surface area contributed by atoms with Crippen molar-refractivity contribution >= 4 is 11.6 Å². The van der Waals surface area contributed by atoms with Crippen LogP contribution in [0.4, 0.5) is 0 Å². The Hall–Kier alpha value is -0.740. The van der Waals surface area contributed by atoms with E-state index in [1.165, 1.54) is 6.92 Å². The molecular weight excluding hydrogens is 172 g/mol. The molecule has 0 atom stereocenters. The van der Waals surface area contributed by atoms with Crippen LogP contribution in [0.5, 0.6) is 0 Å². The second-order valence-electron chi connectivity index (χ2n) is 3.04. The van der Waals surface area contributed by atoms with Crippen LogP contribution in [0, 0.1) is 0 Å². The molecule has 0 amide bonds. The van der Waals surface area contributed by atoms with Gasteiger partial charge in [0.05, 0.1) is 13.2 Å². The third kappa shape index (κ3) is 3.65. The highest BCUT2D eigenvalue weighted by Crippen LogP contribution is 2.11. The van der Waals surface area contributed by atoms with Crippen molar-refractivity contribution < 1.29 is 19.1 Å². The number of carbonyl (C=O) groups is 2. The van der Waals surface area contributed by atoms with Gasteiger partial charge < -0.3 is 9.47 Å². The lowest BCUT2D eigenvalue weighted by Gasteiger charge is -2.06. The van der Waals surface area contributed by atoms with E-state index in [1.807, 2.05) is 0 Å². The molecule has 0 saturated carbocycles. The fourth-order valence-corrected chi connectivity index (χ4v) is 1.18. The number of carbonyl (C=O) groups excluding carboxylic acids is 2. The van der Waals surface area contributed by atoms with Gasteiger partial charge in [0, 0.05) is 13.3 Å². The highest BCUT2D eigenvalue weighted by atomic mass is 16.7. The van der Waals surface area contributed by atoms with E-state index in [2.05, 4.69) is 0 Å².